The number of amides is 2. The number of rotatable bonds is 5. The summed E-state index contributed by atoms with van der Waals surface area (Å²) in [7, 11) is -3.23. The smallest absolute Gasteiger partial charge is 0.317 e. The van der Waals surface area contributed by atoms with E-state index in [4.69, 9.17) is 4.74 Å². The highest BCUT2D eigenvalue weighted by Gasteiger charge is 2.25. The van der Waals surface area contributed by atoms with E-state index in [-0.39, 0.29) is 12.1 Å². The van der Waals surface area contributed by atoms with Crippen molar-refractivity contribution in [2.45, 2.75) is 18.9 Å². The van der Waals surface area contributed by atoms with E-state index in [0.717, 1.165) is 51.9 Å². The van der Waals surface area contributed by atoms with Gasteiger partial charge in [-0.3, -0.25) is 4.90 Å². The Bertz CT molecular complexity index is 465. The molecule has 2 rings (SSSR count). The van der Waals surface area contributed by atoms with Crippen molar-refractivity contribution in [1.29, 1.82) is 0 Å². The molecule has 2 saturated heterocycles. The monoisotopic (exact) mass is 334 g/mol. The lowest BCUT2D eigenvalue weighted by Crippen LogP contribution is -2.53. The molecule has 0 spiro atoms. The van der Waals surface area contributed by atoms with Gasteiger partial charge in [0.2, 0.25) is 10.0 Å². The Morgan fingerprint density at radius 2 is 2.00 bits per heavy atom. The number of hydrogen-bond donors (Lipinski definition) is 2. The Morgan fingerprint density at radius 1 is 1.27 bits per heavy atom. The number of likely N-dealkylation sites (tertiary alicyclic amines) is 1. The number of morpholine rings is 1. The van der Waals surface area contributed by atoms with Crippen molar-refractivity contribution in [3.8, 4) is 0 Å². The highest BCUT2D eigenvalue weighted by molar-refractivity contribution is 7.88. The van der Waals surface area contributed by atoms with Crippen molar-refractivity contribution >= 4 is 16.1 Å². The molecule has 0 aromatic carbocycles. The maximum absolute atomic E-state index is 12.1. The SMILES string of the molecule is CS(=O)(=O)N[C@@H]1CCCN(C(=O)NCCN2CCOCC2)C1. The van der Waals surface area contributed by atoms with Gasteiger partial charge in [-0.15, -0.1) is 0 Å². The molecule has 0 saturated carbocycles. The lowest BCUT2D eigenvalue weighted by atomic mass is 10.1. The van der Waals surface area contributed by atoms with Crippen LogP contribution >= 0.6 is 0 Å². The Labute approximate surface area is 132 Å². The van der Waals surface area contributed by atoms with E-state index >= 15 is 0 Å². The van der Waals surface area contributed by atoms with Crippen molar-refractivity contribution in [1.82, 2.24) is 19.8 Å². The topological polar surface area (TPSA) is 91.0 Å². The van der Waals surface area contributed by atoms with Gasteiger partial charge in [0.05, 0.1) is 19.5 Å². The predicted octanol–water partition coefficient (Wildman–Crippen LogP) is -0.958. The summed E-state index contributed by atoms with van der Waals surface area (Å²) in [6, 6.07) is -0.304. The molecule has 22 heavy (non-hydrogen) atoms. The quantitative estimate of drug-likeness (QED) is 0.676. The zero-order chi connectivity index (χ0) is 16.0. The first-order chi connectivity index (χ1) is 10.4. The second-order valence-electron chi connectivity index (χ2n) is 5.86. The van der Waals surface area contributed by atoms with Crippen LogP contribution in [0.1, 0.15) is 12.8 Å². The summed E-state index contributed by atoms with van der Waals surface area (Å²) >= 11 is 0. The Kier molecular flexibility index (Phi) is 6.42. The number of carbonyl (C=O) groups excluding carboxylic acids is 1. The maximum atomic E-state index is 12.1. The second-order valence-corrected chi connectivity index (χ2v) is 7.64. The van der Waals surface area contributed by atoms with Crippen LogP contribution in [0.2, 0.25) is 0 Å². The van der Waals surface area contributed by atoms with Crippen LogP contribution in [0, 0.1) is 0 Å². The average Bonchev–Trinajstić information content (AvgIpc) is 2.47. The largest absolute Gasteiger partial charge is 0.379 e. The van der Waals surface area contributed by atoms with Crippen LogP contribution in [0.25, 0.3) is 0 Å². The second kappa shape index (κ2) is 8.09. The van der Waals surface area contributed by atoms with Crippen LogP contribution in [-0.2, 0) is 14.8 Å². The fourth-order valence-corrected chi connectivity index (χ4v) is 3.62. The predicted molar refractivity (Wildman–Crippen MR) is 83.2 cm³/mol. The van der Waals surface area contributed by atoms with Crippen molar-refractivity contribution in [2.24, 2.45) is 0 Å². The molecule has 0 bridgehead atoms. The molecular weight excluding hydrogens is 308 g/mol. The van der Waals surface area contributed by atoms with Gasteiger partial charge in [0.15, 0.2) is 0 Å². The fourth-order valence-electron chi connectivity index (χ4n) is 2.82. The number of nitrogens with one attached hydrogen (secondary N) is 2. The summed E-state index contributed by atoms with van der Waals surface area (Å²) in [5, 5.41) is 2.91. The zero-order valence-electron chi connectivity index (χ0n) is 13.1. The number of sulfonamides is 1. The molecule has 0 aromatic rings. The molecule has 0 radical (unpaired) electrons. The Balaban J connectivity index is 1.69. The maximum Gasteiger partial charge on any atom is 0.317 e. The number of nitrogens with zero attached hydrogens (tertiary/aromatic N) is 2. The lowest BCUT2D eigenvalue weighted by Gasteiger charge is -2.33. The molecular formula is C13H26N4O4S. The molecule has 128 valence electrons. The normalized spacial score (nSPS) is 24.2. The fraction of sp³-hybridized carbons (Fsp3) is 0.923. The van der Waals surface area contributed by atoms with E-state index in [1.807, 2.05) is 0 Å². The molecule has 1 atom stereocenters. The molecule has 8 nitrogen and oxygen atoms in total. The lowest BCUT2D eigenvalue weighted by molar-refractivity contribution is 0.0385. The van der Waals surface area contributed by atoms with E-state index in [1.165, 1.54) is 0 Å². The van der Waals surface area contributed by atoms with Crippen LogP contribution in [0.4, 0.5) is 4.79 Å². The number of piperidine rings is 1. The van der Waals surface area contributed by atoms with Gasteiger partial charge >= 0.3 is 6.03 Å². The van der Waals surface area contributed by atoms with E-state index in [9.17, 15) is 13.2 Å². The Morgan fingerprint density at radius 3 is 2.68 bits per heavy atom. The van der Waals surface area contributed by atoms with Gasteiger partial charge in [-0.25, -0.2) is 17.9 Å². The first kappa shape index (κ1) is 17.5. The van der Waals surface area contributed by atoms with E-state index in [2.05, 4.69) is 14.9 Å². The number of hydrogen-bond acceptors (Lipinski definition) is 5. The minimum atomic E-state index is -3.23. The number of carbonyl (C=O) groups is 1. The summed E-state index contributed by atoms with van der Waals surface area (Å²) in [5.41, 5.74) is 0. The van der Waals surface area contributed by atoms with Crippen LogP contribution < -0.4 is 10.0 Å². The molecule has 0 unspecified atom stereocenters. The highest BCUT2D eigenvalue weighted by atomic mass is 32.2. The first-order valence-electron chi connectivity index (χ1n) is 7.74. The summed E-state index contributed by atoms with van der Waals surface area (Å²) in [4.78, 5) is 16.1. The third-order valence-corrected chi connectivity index (χ3v) is 4.66. The van der Waals surface area contributed by atoms with Crippen molar-refractivity contribution < 1.29 is 17.9 Å². The minimum Gasteiger partial charge on any atom is -0.379 e. The third-order valence-electron chi connectivity index (χ3n) is 3.90. The molecule has 2 amide bonds. The van der Waals surface area contributed by atoms with Crippen LogP contribution in [0.15, 0.2) is 0 Å². The van der Waals surface area contributed by atoms with Gasteiger partial charge in [-0.1, -0.05) is 0 Å². The molecule has 0 aromatic heterocycles. The van der Waals surface area contributed by atoms with Gasteiger partial charge in [-0.2, -0.15) is 0 Å². The average molecular weight is 334 g/mol. The summed E-state index contributed by atoms with van der Waals surface area (Å²) < 4.78 is 30.4. The molecule has 2 N–H and O–H groups in total. The molecule has 2 heterocycles. The molecule has 9 heteroatoms. The minimum absolute atomic E-state index is 0.117. The van der Waals surface area contributed by atoms with Gasteiger partial charge in [0, 0.05) is 45.3 Å². The standard InChI is InChI=1S/C13H26N4O4S/c1-22(19,20)15-12-3-2-5-17(11-12)13(18)14-4-6-16-7-9-21-10-8-16/h12,15H,2-11H2,1H3,(H,14,18)/t12-/m1/s1. The summed E-state index contributed by atoms with van der Waals surface area (Å²) in [5.74, 6) is 0. The number of urea groups is 1. The van der Waals surface area contributed by atoms with Gasteiger partial charge < -0.3 is 15.0 Å². The van der Waals surface area contributed by atoms with Gasteiger partial charge in [0.25, 0.3) is 0 Å². The van der Waals surface area contributed by atoms with E-state index in [0.29, 0.717) is 19.6 Å². The van der Waals surface area contributed by atoms with Crippen molar-refractivity contribution in [2.75, 3.05) is 58.7 Å². The van der Waals surface area contributed by atoms with Gasteiger partial charge in [0.1, 0.15) is 0 Å². The van der Waals surface area contributed by atoms with E-state index in [1.54, 1.807) is 4.90 Å². The third kappa shape index (κ3) is 6.07. The summed E-state index contributed by atoms with van der Waals surface area (Å²) in [6.45, 7) is 5.81. The number of ether oxygens (including phenoxy) is 1. The van der Waals surface area contributed by atoms with E-state index < -0.39 is 10.0 Å². The van der Waals surface area contributed by atoms with Crippen LogP contribution in [0.5, 0.6) is 0 Å². The molecule has 0 aliphatic carbocycles. The zero-order valence-corrected chi connectivity index (χ0v) is 13.9. The highest BCUT2D eigenvalue weighted by Crippen LogP contribution is 2.10. The molecule has 2 aliphatic heterocycles. The van der Waals surface area contributed by atoms with Crippen molar-refractivity contribution in [3.63, 3.8) is 0 Å². The Hall–Kier alpha value is -0.900. The van der Waals surface area contributed by atoms with Crippen LogP contribution in [-0.4, -0.2) is 89.0 Å². The summed E-state index contributed by atoms with van der Waals surface area (Å²) in [6.07, 6.45) is 2.73. The molecule has 2 fully saturated rings. The first-order valence-corrected chi connectivity index (χ1v) is 9.63. The van der Waals surface area contributed by atoms with Gasteiger partial charge in [-0.05, 0) is 12.8 Å². The van der Waals surface area contributed by atoms with Crippen molar-refractivity contribution in [3.05, 3.63) is 0 Å². The molecule has 2 aliphatic rings. The van der Waals surface area contributed by atoms with Crippen LogP contribution in [0.3, 0.4) is 0 Å².